The molecular formula is C15H18BrN3S. The van der Waals surface area contributed by atoms with Crippen molar-refractivity contribution in [1.82, 2.24) is 0 Å². The van der Waals surface area contributed by atoms with E-state index in [-0.39, 0.29) is 0 Å². The fraction of sp³-hybridized carbons (Fsp3) is 0.267. The van der Waals surface area contributed by atoms with Gasteiger partial charge in [0.1, 0.15) is 0 Å². The maximum Gasteiger partial charge on any atom is 0.193 e. The Morgan fingerprint density at radius 2 is 2.05 bits per heavy atom. The van der Waals surface area contributed by atoms with Gasteiger partial charge in [0.2, 0.25) is 0 Å². The minimum absolute atomic E-state index is 0.462. The molecule has 0 aliphatic rings. The zero-order valence-electron chi connectivity index (χ0n) is 11.6. The van der Waals surface area contributed by atoms with E-state index in [1.807, 2.05) is 6.07 Å². The summed E-state index contributed by atoms with van der Waals surface area (Å²) in [6, 6.07) is 10.3. The Labute approximate surface area is 132 Å². The van der Waals surface area contributed by atoms with E-state index in [0.717, 1.165) is 15.9 Å². The van der Waals surface area contributed by atoms with Crippen LogP contribution in [0.5, 0.6) is 0 Å². The van der Waals surface area contributed by atoms with Gasteiger partial charge in [-0.05, 0) is 65.2 Å². The van der Waals surface area contributed by atoms with Gasteiger partial charge < -0.3 is 11.1 Å². The second-order valence-electron chi connectivity index (χ2n) is 4.65. The Morgan fingerprint density at radius 3 is 2.70 bits per heavy atom. The number of halogens is 1. The highest BCUT2D eigenvalue weighted by atomic mass is 79.9. The van der Waals surface area contributed by atoms with Gasteiger partial charge in [0, 0.05) is 23.5 Å². The molecule has 0 unspecified atom stereocenters. The number of aliphatic imine (C=N–C) groups is 1. The highest BCUT2D eigenvalue weighted by Gasteiger charge is 1.99. The molecule has 2 aromatic rings. The van der Waals surface area contributed by atoms with Crippen molar-refractivity contribution in [3.63, 3.8) is 0 Å². The van der Waals surface area contributed by atoms with Crippen LogP contribution in [0.4, 0.5) is 5.69 Å². The van der Waals surface area contributed by atoms with Crippen LogP contribution in [-0.4, -0.2) is 12.5 Å². The minimum Gasteiger partial charge on any atom is -0.370 e. The van der Waals surface area contributed by atoms with E-state index in [2.05, 4.69) is 64.4 Å². The monoisotopic (exact) mass is 351 g/mol. The van der Waals surface area contributed by atoms with Gasteiger partial charge in [-0.2, -0.15) is 0 Å². The third-order valence-electron chi connectivity index (χ3n) is 3.05. The second-order valence-corrected chi connectivity index (χ2v) is 7.19. The third-order valence-corrected chi connectivity index (χ3v) is 4.73. The van der Waals surface area contributed by atoms with Crippen LogP contribution >= 0.6 is 27.3 Å². The van der Waals surface area contributed by atoms with Gasteiger partial charge in [0.15, 0.2) is 5.96 Å². The lowest BCUT2D eigenvalue weighted by atomic mass is 10.1. The summed E-state index contributed by atoms with van der Waals surface area (Å²) >= 11 is 5.19. The number of benzene rings is 1. The lowest BCUT2D eigenvalue weighted by Gasteiger charge is -2.07. The Balaban J connectivity index is 1.88. The first-order valence-electron chi connectivity index (χ1n) is 6.43. The number of guanidine groups is 1. The maximum absolute atomic E-state index is 5.90. The van der Waals surface area contributed by atoms with Gasteiger partial charge in [-0.3, -0.25) is 4.99 Å². The van der Waals surface area contributed by atoms with Crippen LogP contribution in [0.2, 0.25) is 0 Å². The van der Waals surface area contributed by atoms with E-state index in [4.69, 9.17) is 5.73 Å². The van der Waals surface area contributed by atoms with Crippen LogP contribution < -0.4 is 11.1 Å². The highest BCUT2D eigenvalue weighted by Crippen LogP contribution is 2.22. The molecule has 0 radical (unpaired) electrons. The molecule has 0 amide bonds. The van der Waals surface area contributed by atoms with Crippen LogP contribution in [0.15, 0.2) is 39.1 Å². The molecule has 0 fully saturated rings. The maximum atomic E-state index is 5.90. The largest absolute Gasteiger partial charge is 0.370 e. The second kappa shape index (κ2) is 6.90. The summed E-state index contributed by atoms with van der Waals surface area (Å²) in [7, 11) is 0. The van der Waals surface area contributed by atoms with E-state index < -0.39 is 0 Å². The molecule has 1 aromatic carbocycles. The standard InChI is InChI=1S/C15H18BrN3S/c1-10-3-4-12(9-11(10)2)19-15(17)18-8-7-13-5-6-14(16)20-13/h3-6,9H,7-8H2,1-2H3,(H3,17,18,19). The SMILES string of the molecule is Cc1ccc(NC(N)=NCCc2ccc(Br)s2)cc1C. The molecule has 0 aliphatic carbocycles. The minimum atomic E-state index is 0.462. The number of hydrogen-bond donors (Lipinski definition) is 2. The zero-order valence-corrected chi connectivity index (χ0v) is 14.0. The van der Waals surface area contributed by atoms with Crippen LogP contribution in [0, 0.1) is 13.8 Å². The molecule has 0 saturated heterocycles. The topological polar surface area (TPSA) is 50.4 Å². The predicted molar refractivity (Wildman–Crippen MR) is 91.8 cm³/mol. The van der Waals surface area contributed by atoms with E-state index in [1.165, 1.54) is 16.0 Å². The Bertz CT molecular complexity index is 619. The van der Waals surface area contributed by atoms with Crippen molar-refractivity contribution in [2.75, 3.05) is 11.9 Å². The van der Waals surface area contributed by atoms with Crippen LogP contribution in [0.3, 0.4) is 0 Å². The van der Waals surface area contributed by atoms with Crippen LogP contribution in [0.25, 0.3) is 0 Å². The molecule has 5 heteroatoms. The predicted octanol–water partition coefficient (Wildman–Crippen LogP) is 4.10. The number of thiophene rings is 1. The van der Waals surface area contributed by atoms with Crippen molar-refractivity contribution < 1.29 is 0 Å². The molecule has 1 aromatic heterocycles. The third kappa shape index (κ3) is 4.35. The molecular weight excluding hydrogens is 334 g/mol. The molecule has 3 N–H and O–H groups in total. The van der Waals surface area contributed by atoms with Crippen LogP contribution in [-0.2, 0) is 6.42 Å². The number of anilines is 1. The Morgan fingerprint density at radius 1 is 1.25 bits per heavy atom. The van der Waals surface area contributed by atoms with E-state index in [1.54, 1.807) is 11.3 Å². The molecule has 2 rings (SSSR count). The Kier molecular flexibility index (Phi) is 5.20. The summed E-state index contributed by atoms with van der Waals surface area (Å²) in [4.78, 5) is 5.66. The van der Waals surface area contributed by atoms with Crippen LogP contribution in [0.1, 0.15) is 16.0 Å². The van der Waals surface area contributed by atoms with Crippen molar-refractivity contribution >= 4 is 38.9 Å². The summed E-state index contributed by atoms with van der Waals surface area (Å²) in [5.41, 5.74) is 9.39. The normalized spacial score (nSPS) is 11.7. The van der Waals surface area contributed by atoms with Gasteiger partial charge in [-0.15, -0.1) is 11.3 Å². The number of hydrogen-bond acceptors (Lipinski definition) is 2. The first-order chi connectivity index (χ1) is 9.54. The summed E-state index contributed by atoms with van der Waals surface area (Å²) in [6.45, 7) is 4.87. The number of rotatable bonds is 4. The average molecular weight is 352 g/mol. The van der Waals surface area contributed by atoms with Gasteiger partial charge in [-0.25, -0.2) is 0 Å². The summed E-state index contributed by atoms with van der Waals surface area (Å²) in [6.07, 6.45) is 0.908. The van der Waals surface area contributed by atoms with Gasteiger partial charge in [0.05, 0.1) is 3.79 Å². The molecule has 1 heterocycles. The summed E-state index contributed by atoms with van der Waals surface area (Å²) in [5, 5.41) is 3.12. The Hall–Kier alpha value is -1.33. The molecule has 0 saturated carbocycles. The van der Waals surface area contributed by atoms with Gasteiger partial charge in [-0.1, -0.05) is 6.07 Å². The van der Waals surface area contributed by atoms with Crippen molar-refractivity contribution in [2.24, 2.45) is 10.7 Å². The first kappa shape index (κ1) is 15.1. The zero-order chi connectivity index (χ0) is 14.5. The van der Waals surface area contributed by atoms with Crippen molar-refractivity contribution in [3.05, 3.63) is 50.1 Å². The molecule has 106 valence electrons. The van der Waals surface area contributed by atoms with Gasteiger partial charge in [0.25, 0.3) is 0 Å². The molecule has 3 nitrogen and oxygen atoms in total. The van der Waals surface area contributed by atoms with E-state index in [0.29, 0.717) is 12.5 Å². The first-order valence-corrected chi connectivity index (χ1v) is 8.04. The summed E-state index contributed by atoms with van der Waals surface area (Å²) < 4.78 is 1.15. The average Bonchev–Trinajstić information content (AvgIpc) is 2.80. The molecule has 0 atom stereocenters. The molecule has 0 spiro atoms. The van der Waals surface area contributed by atoms with Crippen molar-refractivity contribution in [3.8, 4) is 0 Å². The number of nitrogens with two attached hydrogens (primary N) is 1. The number of aryl methyl sites for hydroxylation is 2. The van der Waals surface area contributed by atoms with E-state index in [9.17, 15) is 0 Å². The molecule has 20 heavy (non-hydrogen) atoms. The summed E-state index contributed by atoms with van der Waals surface area (Å²) in [5.74, 6) is 0.462. The quantitative estimate of drug-likeness (QED) is 0.643. The number of nitrogens with zero attached hydrogens (tertiary/aromatic N) is 1. The molecule has 0 aliphatic heterocycles. The lowest BCUT2D eigenvalue weighted by Crippen LogP contribution is -2.23. The van der Waals surface area contributed by atoms with Crippen molar-refractivity contribution in [1.29, 1.82) is 0 Å². The highest BCUT2D eigenvalue weighted by molar-refractivity contribution is 9.11. The van der Waals surface area contributed by atoms with Gasteiger partial charge >= 0.3 is 0 Å². The smallest absolute Gasteiger partial charge is 0.193 e. The number of nitrogens with one attached hydrogen (secondary N) is 1. The van der Waals surface area contributed by atoms with Crippen molar-refractivity contribution in [2.45, 2.75) is 20.3 Å². The lowest BCUT2D eigenvalue weighted by molar-refractivity contribution is 0.983. The fourth-order valence-electron chi connectivity index (χ4n) is 1.78. The fourth-order valence-corrected chi connectivity index (χ4v) is 3.25. The van der Waals surface area contributed by atoms with E-state index >= 15 is 0 Å². The molecule has 0 bridgehead atoms.